The van der Waals surface area contributed by atoms with Crippen LogP contribution >= 0.6 is 7.82 Å². The van der Waals surface area contributed by atoms with Crippen molar-refractivity contribution in [2.45, 2.75) is 219 Å². The largest absolute Gasteiger partial charge is 0.473 e. The minimum Gasteiger partial charge on any atom is -0.457 e. The van der Waals surface area contributed by atoms with Gasteiger partial charge in [0, 0.05) is 12.8 Å². The summed E-state index contributed by atoms with van der Waals surface area (Å²) in [6, 6.07) is 0. The van der Waals surface area contributed by atoms with E-state index in [1.165, 1.54) is 122 Å². The van der Waals surface area contributed by atoms with Crippen molar-refractivity contribution in [1.29, 1.82) is 0 Å². The van der Waals surface area contributed by atoms with Crippen molar-refractivity contribution < 1.29 is 42.4 Å². The molecule has 0 heterocycles. The predicted molar refractivity (Wildman–Crippen MR) is 225 cm³/mol. The summed E-state index contributed by atoms with van der Waals surface area (Å²) >= 11 is 0. The summed E-state index contributed by atoms with van der Waals surface area (Å²) in [6.45, 7) is 3.65. The van der Waals surface area contributed by atoms with Gasteiger partial charge in [0.05, 0.1) is 34.4 Å². The van der Waals surface area contributed by atoms with Gasteiger partial charge < -0.3 is 19.2 Å². The molecule has 0 spiro atoms. The quantitative estimate of drug-likeness (QED) is 0.0207. The van der Waals surface area contributed by atoms with Gasteiger partial charge in [0.1, 0.15) is 12.6 Å². The number of nitrogens with zero attached hydrogens (tertiary/aromatic N) is 1. The molecule has 0 amide bonds. The molecule has 10 heteroatoms. The van der Waals surface area contributed by atoms with Gasteiger partial charge in [-0.3, -0.25) is 18.6 Å². The van der Waals surface area contributed by atoms with Crippen LogP contribution < -0.4 is 0 Å². The average molecular weight is 789 g/mol. The van der Waals surface area contributed by atoms with Crippen LogP contribution in [-0.2, 0) is 27.9 Å². The third-order valence-electron chi connectivity index (χ3n) is 9.93. The molecule has 0 aromatic rings. The second-order valence-electron chi connectivity index (χ2n) is 16.6. The lowest BCUT2D eigenvalue weighted by atomic mass is 10.0. The molecule has 2 unspecified atom stereocenters. The Labute approximate surface area is 333 Å². The zero-order valence-electron chi connectivity index (χ0n) is 35.9. The van der Waals surface area contributed by atoms with E-state index in [0.29, 0.717) is 17.3 Å². The number of unbranched alkanes of at least 4 members (excludes halogenated alkanes) is 25. The summed E-state index contributed by atoms with van der Waals surface area (Å²) in [5.74, 6) is -0.703. The lowest BCUT2D eigenvalue weighted by Gasteiger charge is -2.29. The van der Waals surface area contributed by atoms with Crippen LogP contribution in [0.25, 0.3) is 0 Å². The van der Waals surface area contributed by atoms with E-state index >= 15 is 0 Å². The lowest BCUT2D eigenvalue weighted by molar-refractivity contribution is -0.872. The van der Waals surface area contributed by atoms with Gasteiger partial charge in [-0.25, -0.2) is 4.57 Å². The van der Waals surface area contributed by atoms with E-state index in [-0.39, 0.29) is 25.2 Å². The Hall–Kier alpha value is -1.09. The van der Waals surface area contributed by atoms with Gasteiger partial charge >= 0.3 is 13.8 Å². The van der Waals surface area contributed by atoms with Crippen LogP contribution in [0.4, 0.5) is 0 Å². The van der Waals surface area contributed by atoms with Gasteiger partial charge in [-0.2, -0.15) is 0 Å². The van der Waals surface area contributed by atoms with E-state index in [4.69, 9.17) is 13.8 Å². The van der Waals surface area contributed by atoms with Gasteiger partial charge in [-0.15, -0.1) is 0 Å². The van der Waals surface area contributed by atoms with Gasteiger partial charge in [-0.05, 0) is 38.5 Å². The van der Waals surface area contributed by atoms with Gasteiger partial charge in [0.25, 0.3) is 0 Å². The molecule has 0 aromatic carbocycles. The molecule has 0 saturated carbocycles. The van der Waals surface area contributed by atoms with Crippen molar-refractivity contribution in [2.24, 2.45) is 0 Å². The van der Waals surface area contributed by atoms with Crippen LogP contribution in [0.2, 0.25) is 0 Å². The highest BCUT2D eigenvalue weighted by Gasteiger charge is 2.35. The number of carbonyl (C=O) groups excluding carboxylic acids is 2. The number of rotatable bonds is 41. The van der Waals surface area contributed by atoms with Crippen LogP contribution in [0.1, 0.15) is 206 Å². The molecular weight excluding hydrogens is 701 g/mol. The van der Waals surface area contributed by atoms with Gasteiger partial charge in [-0.1, -0.05) is 167 Å². The maximum absolute atomic E-state index is 13.1. The number of aliphatic hydroxyl groups is 1. The number of allylic oxidation sites excluding steroid dienone is 2. The van der Waals surface area contributed by atoms with Crippen LogP contribution in [0.5, 0.6) is 0 Å². The van der Waals surface area contributed by atoms with Crippen LogP contribution in [0.15, 0.2) is 12.2 Å². The molecule has 3 atom stereocenters. The molecule has 320 valence electrons. The third-order valence-corrected chi connectivity index (χ3v) is 10.9. The Morgan fingerprint density at radius 1 is 0.611 bits per heavy atom. The first kappa shape index (κ1) is 52.9. The third kappa shape index (κ3) is 36.5. The molecule has 0 radical (unpaired) electrons. The molecule has 2 N–H and O–H groups in total. The number of aliphatic hydroxyl groups excluding tert-OH is 1. The molecule has 0 aliphatic carbocycles. The van der Waals surface area contributed by atoms with E-state index in [0.717, 1.165) is 44.9 Å². The summed E-state index contributed by atoms with van der Waals surface area (Å²) in [7, 11) is 0.984. The molecule has 0 bridgehead atoms. The Morgan fingerprint density at radius 2 is 1.00 bits per heavy atom. The fraction of sp³-hybridized carbons (Fsp3) is 0.909. The fourth-order valence-electron chi connectivity index (χ4n) is 6.60. The maximum Gasteiger partial charge on any atom is 0.473 e. The smallest absolute Gasteiger partial charge is 0.457 e. The van der Waals surface area contributed by atoms with Gasteiger partial charge in [0.15, 0.2) is 11.9 Å². The number of hydrogen-bond donors (Lipinski definition) is 2. The second kappa shape index (κ2) is 36.3. The number of ketones is 1. The molecule has 54 heavy (non-hydrogen) atoms. The highest BCUT2D eigenvalue weighted by atomic mass is 31.2. The number of likely N-dealkylation sites (N-methyl/N-ethyl adjacent to an activating group) is 1. The van der Waals surface area contributed by atoms with E-state index in [1.807, 2.05) is 21.1 Å². The normalized spacial score (nSPS) is 14.4. The SMILES string of the molecule is CCCCCCCC/C=C\CCCCCCCC(=O)C(C[N+](C)(C)C)OP(=O)(O)OC[C@@H](CO)OC(=O)CCCCCCCCCCCCCCCCC. The molecule has 0 rings (SSSR count). The number of carbonyl (C=O) groups is 2. The Kier molecular flexibility index (Phi) is 35.5. The number of phosphoric ester groups is 1. The van der Waals surface area contributed by atoms with Crippen LogP contribution in [0, 0.1) is 0 Å². The molecule has 0 fully saturated rings. The fourth-order valence-corrected chi connectivity index (χ4v) is 7.52. The summed E-state index contributed by atoms with van der Waals surface area (Å²) in [6.07, 6.45) is 36.6. The minimum atomic E-state index is -4.67. The lowest BCUT2D eigenvalue weighted by Crippen LogP contribution is -2.45. The second-order valence-corrected chi connectivity index (χ2v) is 18.0. The Bertz CT molecular complexity index is 953. The van der Waals surface area contributed by atoms with E-state index in [1.54, 1.807) is 0 Å². The minimum absolute atomic E-state index is 0.204. The first-order valence-electron chi connectivity index (χ1n) is 22.4. The van der Waals surface area contributed by atoms with Crippen molar-refractivity contribution in [1.82, 2.24) is 0 Å². The van der Waals surface area contributed by atoms with Crippen molar-refractivity contribution in [3.63, 3.8) is 0 Å². The monoisotopic (exact) mass is 789 g/mol. The van der Waals surface area contributed by atoms with Crippen molar-refractivity contribution in [3.05, 3.63) is 12.2 Å². The standard InChI is InChI=1S/C44H86NO8P/c1-6-8-10-12-14-16-18-20-22-24-26-28-30-32-34-36-42(47)43(38-45(3,4)5)53-54(49,50)51-40-41(39-46)52-44(48)37-35-33-31-29-27-25-23-21-19-17-15-13-11-9-7-2/h20,22,41,43,46H,6-19,21,23-40H2,1-5H3/p+1/b22-20-/t41-,43?/m1/s1. The molecule has 9 nitrogen and oxygen atoms in total. The first-order valence-corrected chi connectivity index (χ1v) is 23.9. The summed E-state index contributed by atoms with van der Waals surface area (Å²) in [5.41, 5.74) is 0. The van der Waals surface area contributed by atoms with Crippen molar-refractivity contribution in [3.8, 4) is 0 Å². The van der Waals surface area contributed by atoms with E-state index < -0.39 is 39.2 Å². The number of quaternary nitrogens is 1. The van der Waals surface area contributed by atoms with E-state index in [2.05, 4.69) is 26.0 Å². The molecule has 0 saturated heterocycles. The topological polar surface area (TPSA) is 119 Å². The molecule has 0 aromatic heterocycles. The molecular formula is C44H87NO8P+. The zero-order chi connectivity index (χ0) is 40.2. The number of hydrogen-bond acceptors (Lipinski definition) is 7. The first-order chi connectivity index (χ1) is 25.9. The Morgan fingerprint density at radius 3 is 1.41 bits per heavy atom. The summed E-state index contributed by atoms with van der Waals surface area (Å²) < 4.78 is 29.1. The number of ether oxygens (including phenoxy) is 1. The highest BCUT2D eigenvalue weighted by molar-refractivity contribution is 7.47. The number of esters is 1. The van der Waals surface area contributed by atoms with Crippen LogP contribution in [0.3, 0.4) is 0 Å². The Balaban J connectivity index is 4.26. The molecule has 0 aliphatic rings. The summed E-state index contributed by atoms with van der Waals surface area (Å²) in [5, 5.41) is 9.73. The number of phosphoric acid groups is 1. The summed E-state index contributed by atoms with van der Waals surface area (Å²) in [4.78, 5) is 36.0. The van der Waals surface area contributed by atoms with Crippen molar-refractivity contribution in [2.75, 3.05) is 40.9 Å². The van der Waals surface area contributed by atoms with Crippen molar-refractivity contribution >= 4 is 19.6 Å². The zero-order valence-corrected chi connectivity index (χ0v) is 36.8. The average Bonchev–Trinajstić information content (AvgIpc) is 3.12. The number of Topliss-reactive ketones (excluding diaryl/α,β-unsaturated/α-hetero) is 1. The highest BCUT2D eigenvalue weighted by Crippen LogP contribution is 2.45. The molecule has 0 aliphatic heterocycles. The van der Waals surface area contributed by atoms with E-state index in [9.17, 15) is 24.2 Å². The predicted octanol–water partition coefficient (Wildman–Crippen LogP) is 12.0. The maximum atomic E-state index is 13.1. The van der Waals surface area contributed by atoms with Gasteiger partial charge in [0.2, 0.25) is 0 Å². The van der Waals surface area contributed by atoms with Crippen LogP contribution in [-0.4, -0.2) is 79.3 Å².